The van der Waals surface area contributed by atoms with Gasteiger partial charge in [0.1, 0.15) is 5.82 Å². The van der Waals surface area contributed by atoms with Crippen molar-refractivity contribution in [2.45, 2.75) is 6.54 Å². The van der Waals surface area contributed by atoms with Gasteiger partial charge in [0.25, 0.3) is 0 Å². The van der Waals surface area contributed by atoms with Crippen molar-refractivity contribution in [1.29, 1.82) is 0 Å². The van der Waals surface area contributed by atoms with E-state index in [0.29, 0.717) is 42.9 Å². The zero-order chi connectivity index (χ0) is 22.6. The molecule has 0 bridgehead atoms. The van der Waals surface area contributed by atoms with E-state index >= 15 is 0 Å². The van der Waals surface area contributed by atoms with Crippen LogP contribution in [0.4, 0.5) is 16.0 Å². The fourth-order valence-corrected chi connectivity index (χ4v) is 4.02. The minimum Gasteiger partial charge on any atom is -0.461 e. The smallest absolute Gasteiger partial charge is 0.225 e. The zero-order valence-electron chi connectivity index (χ0n) is 18.4. The Morgan fingerprint density at radius 1 is 1.12 bits per heavy atom. The second-order valence-corrected chi connectivity index (χ2v) is 7.89. The number of methoxy groups -OCH3 is 1. The fraction of sp³-hybridized carbons (Fsp3) is 0.348. The molecule has 1 N–H and O–H groups in total. The number of aromatic nitrogens is 4. The van der Waals surface area contributed by atoms with Gasteiger partial charge in [0.2, 0.25) is 11.8 Å². The van der Waals surface area contributed by atoms with Crippen molar-refractivity contribution in [2.75, 3.05) is 56.7 Å². The Hall–Kier alpha value is -3.50. The maximum Gasteiger partial charge on any atom is 0.225 e. The lowest BCUT2D eigenvalue weighted by molar-refractivity contribution is 0.210. The van der Waals surface area contributed by atoms with E-state index in [0.717, 1.165) is 37.4 Å². The summed E-state index contributed by atoms with van der Waals surface area (Å²) in [6, 6.07) is 10.6. The third-order valence-corrected chi connectivity index (χ3v) is 5.73. The highest BCUT2D eigenvalue weighted by atomic mass is 19.1. The minimum atomic E-state index is -0.178. The highest BCUT2D eigenvalue weighted by Gasteiger charge is 2.22. The summed E-state index contributed by atoms with van der Waals surface area (Å²) < 4.78 is 26.5. The monoisotopic (exact) mass is 451 g/mol. The largest absolute Gasteiger partial charge is 0.461 e. The van der Waals surface area contributed by atoms with Crippen LogP contribution in [0.1, 0.15) is 5.56 Å². The molecule has 5 rings (SSSR count). The molecular weight excluding hydrogens is 425 g/mol. The van der Waals surface area contributed by atoms with Crippen molar-refractivity contribution in [3.63, 3.8) is 0 Å². The SMILES string of the molecule is COCCNc1ncc(CN2CCN(c3ccccc3F)CC2)c2nc(-c3ccco3)nn12. The summed E-state index contributed by atoms with van der Waals surface area (Å²) in [5.74, 6) is 1.53. The highest BCUT2D eigenvalue weighted by molar-refractivity contribution is 5.58. The van der Waals surface area contributed by atoms with Crippen LogP contribution in [0.3, 0.4) is 0 Å². The van der Waals surface area contributed by atoms with Crippen LogP contribution in [0, 0.1) is 5.82 Å². The first-order valence-corrected chi connectivity index (χ1v) is 11.0. The quantitative estimate of drug-likeness (QED) is 0.410. The molecule has 10 heteroatoms. The standard InChI is InChI=1S/C23H26FN7O2/c1-32-14-8-25-23-26-15-17(22-27-21(28-31(22)23)20-7-4-13-33-20)16-29-9-11-30(12-10-29)19-6-3-2-5-18(19)24/h2-7,13,15H,8-12,14,16H2,1H3,(H,25,26). The summed E-state index contributed by atoms with van der Waals surface area (Å²) in [5, 5.41) is 7.87. The Bertz CT molecular complexity index is 1200. The molecule has 1 aromatic carbocycles. The van der Waals surface area contributed by atoms with Crippen molar-refractivity contribution in [1.82, 2.24) is 24.5 Å². The van der Waals surface area contributed by atoms with Crippen LogP contribution in [0.2, 0.25) is 0 Å². The number of ether oxygens (including phenoxy) is 1. The number of fused-ring (bicyclic) bond motifs is 1. The lowest BCUT2D eigenvalue weighted by atomic mass is 10.2. The molecule has 4 heterocycles. The molecule has 0 saturated carbocycles. The molecule has 4 aromatic rings. The molecule has 0 amide bonds. The number of nitrogens with zero attached hydrogens (tertiary/aromatic N) is 6. The molecule has 0 atom stereocenters. The number of para-hydroxylation sites is 1. The van der Waals surface area contributed by atoms with Gasteiger partial charge < -0.3 is 19.4 Å². The molecule has 1 saturated heterocycles. The van der Waals surface area contributed by atoms with Crippen molar-refractivity contribution in [3.05, 3.63) is 60.2 Å². The molecule has 3 aromatic heterocycles. The average Bonchev–Trinajstić information content (AvgIpc) is 3.52. The van der Waals surface area contributed by atoms with Crippen molar-refractivity contribution in [2.24, 2.45) is 0 Å². The average molecular weight is 452 g/mol. The van der Waals surface area contributed by atoms with Crippen molar-refractivity contribution >= 4 is 17.3 Å². The first kappa shape index (κ1) is 21.4. The molecule has 33 heavy (non-hydrogen) atoms. The van der Waals surface area contributed by atoms with Crippen LogP contribution in [-0.2, 0) is 11.3 Å². The Morgan fingerprint density at radius 2 is 1.97 bits per heavy atom. The lowest BCUT2D eigenvalue weighted by Crippen LogP contribution is -2.46. The van der Waals surface area contributed by atoms with Gasteiger partial charge in [-0.1, -0.05) is 12.1 Å². The Labute approximate surface area is 190 Å². The van der Waals surface area contributed by atoms with E-state index in [2.05, 4.69) is 25.2 Å². The van der Waals surface area contributed by atoms with Gasteiger partial charge in [0.15, 0.2) is 11.4 Å². The number of hydrogen-bond donors (Lipinski definition) is 1. The Balaban J connectivity index is 1.36. The third kappa shape index (κ3) is 4.53. The van der Waals surface area contributed by atoms with Gasteiger partial charge in [-0.2, -0.15) is 4.52 Å². The maximum atomic E-state index is 14.2. The summed E-state index contributed by atoms with van der Waals surface area (Å²) >= 11 is 0. The predicted molar refractivity (Wildman–Crippen MR) is 123 cm³/mol. The number of halogens is 1. The van der Waals surface area contributed by atoms with Crippen molar-refractivity contribution in [3.8, 4) is 11.6 Å². The number of anilines is 2. The van der Waals surface area contributed by atoms with Gasteiger partial charge in [-0.15, -0.1) is 5.10 Å². The van der Waals surface area contributed by atoms with Crippen molar-refractivity contribution < 1.29 is 13.5 Å². The van der Waals surface area contributed by atoms with Crippen LogP contribution in [0.25, 0.3) is 17.2 Å². The summed E-state index contributed by atoms with van der Waals surface area (Å²) in [5.41, 5.74) is 2.36. The van der Waals surface area contributed by atoms with E-state index in [1.807, 2.05) is 30.5 Å². The Kier molecular flexibility index (Phi) is 6.18. The topological polar surface area (TPSA) is 84.0 Å². The zero-order valence-corrected chi connectivity index (χ0v) is 18.4. The summed E-state index contributed by atoms with van der Waals surface area (Å²) in [4.78, 5) is 13.8. The van der Waals surface area contributed by atoms with Gasteiger partial charge in [-0.05, 0) is 24.3 Å². The molecule has 1 aliphatic rings. The number of furan rings is 1. The molecule has 9 nitrogen and oxygen atoms in total. The molecule has 172 valence electrons. The van der Waals surface area contributed by atoms with Gasteiger partial charge in [0, 0.05) is 58.1 Å². The minimum absolute atomic E-state index is 0.178. The molecular formula is C23H26FN7O2. The second-order valence-electron chi connectivity index (χ2n) is 7.89. The van der Waals surface area contributed by atoms with Crippen LogP contribution in [0.5, 0.6) is 0 Å². The Morgan fingerprint density at radius 3 is 2.73 bits per heavy atom. The number of hydrogen-bond acceptors (Lipinski definition) is 8. The highest BCUT2D eigenvalue weighted by Crippen LogP contribution is 2.23. The van der Waals surface area contributed by atoms with Crippen LogP contribution in [-0.4, -0.2) is 70.9 Å². The molecule has 1 fully saturated rings. The number of benzene rings is 1. The normalized spacial score (nSPS) is 14.8. The first-order chi connectivity index (χ1) is 16.2. The number of rotatable bonds is 8. The van der Waals surface area contributed by atoms with E-state index in [1.54, 1.807) is 24.0 Å². The number of piperazine rings is 1. The number of nitrogens with one attached hydrogen (secondary N) is 1. The second kappa shape index (κ2) is 9.55. The van der Waals surface area contributed by atoms with Gasteiger partial charge >= 0.3 is 0 Å². The van der Waals surface area contributed by atoms with E-state index < -0.39 is 0 Å². The summed E-state index contributed by atoms with van der Waals surface area (Å²) in [7, 11) is 1.66. The van der Waals surface area contributed by atoms with Gasteiger partial charge in [0.05, 0.1) is 18.6 Å². The molecule has 0 aliphatic carbocycles. The van der Waals surface area contributed by atoms with E-state index in [9.17, 15) is 4.39 Å². The first-order valence-electron chi connectivity index (χ1n) is 11.0. The lowest BCUT2D eigenvalue weighted by Gasteiger charge is -2.36. The van der Waals surface area contributed by atoms with Gasteiger partial charge in [-0.25, -0.2) is 14.4 Å². The van der Waals surface area contributed by atoms with E-state index in [4.69, 9.17) is 14.1 Å². The maximum absolute atomic E-state index is 14.2. The van der Waals surface area contributed by atoms with E-state index in [1.165, 1.54) is 6.07 Å². The molecule has 0 radical (unpaired) electrons. The predicted octanol–water partition coefficient (Wildman–Crippen LogP) is 2.90. The molecule has 1 aliphatic heterocycles. The molecule has 0 unspecified atom stereocenters. The third-order valence-electron chi connectivity index (χ3n) is 5.73. The van der Waals surface area contributed by atoms with Gasteiger partial charge in [-0.3, -0.25) is 4.90 Å². The fourth-order valence-electron chi connectivity index (χ4n) is 4.02. The van der Waals surface area contributed by atoms with Crippen LogP contribution >= 0.6 is 0 Å². The summed E-state index contributed by atoms with van der Waals surface area (Å²) in [6.45, 7) is 4.97. The van der Waals surface area contributed by atoms with E-state index in [-0.39, 0.29) is 5.82 Å². The summed E-state index contributed by atoms with van der Waals surface area (Å²) in [6.07, 6.45) is 3.45. The van der Waals surface area contributed by atoms with Crippen LogP contribution in [0.15, 0.2) is 53.3 Å². The molecule has 0 spiro atoms. The van der Waals surface area contributed by atoms with Crippen LogP contribution < -0.4 is 10.2 Å².